The number of aliphatic carboxylic acids is 1. The lowest BCUT2D eigenvalue weighted by Crippen LogP contribution is -2.53. The molecule has 3 atom stereocenters. The monoisotopic (exact) mass is 285 g/mol. The molecule has 1 aliphatic rings. The Morgan fingerprint density at radius 1 is 1.45 bits per heavy atom. The number of hydrogen-bond donors (Lipinski definition) is 3. The Labute approximate surface area is 118 Å². The van der Waals surface area contributed by atoms with Gasteiger partial charge in [-0.25, -0.2) is 4.79 Å². The van der Waals surface area contributed by atoms with Gasteiger partial charge in [0.05, 0.1) is 5.41 Å². The van der Waals surface area contributed by atoms with Gasteiger partial charge >= 0.3 is 12.0 Å². The van der Waals surface area contributed by atoms with E-state index < -0.39 is 23.5 Å². The van der Waals surface area contributed by atoms with E-state index in [0.717, 1.165) is 0 Å². The molecular formula is C13H23N3O4. The summed E-state index contributed by atoms with van der Waals surface area (Å²) in [5.74, 6) is -1.23. The van der Waals surface area contributed by atoms with Gasteiger partial charge in [0.25, 0.3) is 0 Å². The summed E-state index contributed by atoms with van der Waals surface area (Å²) in [6.07, 6.45) is 1.12. The predicted octanol–water partition coefficient (Wildman–Crippen LogP) is 0.393. The van der Waals surface area contributed by atoms with Crippen LogP contribution in [0.1, 0.15) is 33.6 Å². The quantitative estimate of drug-likeness (QED) is 0.678. The molecule has 0 saturated carbocycles. The number of carbonyl (C=O) groups is 3. The zero-order chi connectivity index (χ0) is 15.5. The summed E-state index contributed by atoms with van der Waals surface area (Å²) in [5.41, 5.74) is 4.19. The minimum Gasteiger partial charge on any atom is -0.481 e. The van der Waals surface area contributed by atoms with Crippen LogP contribution in [0.5, 0.6) is 0 Å². The number of carboxylic acid groups (broad SMARTS) is 1. The van der Waals surface area contributed by atoms with Crippen LogP contribution in [0, 0.1) is 11.3 Å². The van der Waals surface area contributed by atoms with Gasteiger partial charge in [-0.1, -0.05) is 20.3 Å². The van der Waals surface area contributed by atoms with Crippen molar-refractivity contribution in [2.75, 3.05) is 13.1 Å². The second kappa shape index (κ2) is 6.11. The molecule has 7 nitrogen and oxygen atoms in total. The molecule has 114 valence electrons. The van der Waals surface area contributed by atoms with Crippen molar-refractivity contribution in [3.63, 3.8) is 0 Å². The summed E-state index contributed by atoms with van der Waals surface area (Å²) in [7, 11) is 0. The molecule has 0 radical (unpaired) electrons. The zero-order valence-corrected chi connectivity index (χ0v) is 12.2. The molecule has 3 unspecified atom stereocenters. The fourth-order valence-corrected chi connectivity index (χ4v) is 2.36. The number of carbonyl (C=O) groups excluding carboxylic acids is 2. The highest BCUT2D eigenvalue weighted by Crippen LogP contribution is 2.31. The fraction of sp³-hybridized carbons (Fsp3) is 0.769. The van der Waals surface area contributed by atoms with Crippen LogP contribution >= 0.6 is 0 Å². The Balaban J connectivity index is 2.81. The third-order valence-electron chi connectivity index (χ3n) is 4.08. The van der Waals surface area contributed by atoms with Crippen molar-refractivity contribution in [2.24, 2.45) is 17.1 Å². The van der Waals surface area contributed by atoms with Gasteiger partial charge < -0.3 is 21.1 Å². The van der Waals surface area contributed by atoms with E-state index in [2.05, 4.69) is 5.32 Å². The number of likely N-dealkylation sites (tertiary alicyclic amines) is 1. The molecular weight excluding hydrogens is 262 g/mol. The lowest BCUT2D eigenvalue weighted by Gasteiger charge is -2.28. The van der Waals surface area contributed by atoms with Crippen LogP contribution in [0.4, 0.5) is 4.79 Å². The van der Waals surface area contributed by atoms with E-state index in [9.17, 15) is 19.5 Å². The second-order valence-corrected chi connectivity index (χ2v) is 5.75. The number of primary amides is 1. The third kappa shape index (κ3) is 3.40. The highest BCUT2D eigenvalue weighted by atomic mass is 16.4. The normalized spacial score (nSPS) is 25.1. The van der Waals surface area contributed by atoms with E-state index in [4.69, 9.17) is 5.73 Å². The van der Waals surface area contributed by atoms with Gasteiger partial charge in [0.15, 0.2) is 0 Å². The minimum atomic E-state index is -0.914. The number of rotatable bonds is 5. The number of hydrogen-bond acceptors (Lipinski definition) is 3. The highest BCUT2D eigenvalue weighted by Gasteiger charge is 2.44. The van der Waals surface area contributed by atoms with Gasteiger partial charge in [-0.15, -0.1) is 0 Å². The standard InChI is InChI=1S/C13H23N3O4/c1-4-8(2)9(15-12(14)20)10(17)16-6-5-13(3,7-16)11(18)19/h8-9H,4-7H2,1-3H3,(H,18,19)(H3,14,15,20). The average molecular weight is 285 g/mol. The maximum Gasteiger partial charge on any atom is 0.312 e. The van der Waals surface area contributed by atoms with Gasteiger partial charge in [0.2, 0.25) is 5.91 Å². The van der Waals surface area contributed by atoms with Crippen molar-refractivity contribution in [1.82, 2.24) is 10.2 Å². The van der Waals surface area contributed by atoms with Gasteiger partial charge in [0.1, 0.15) is 6.04 Å². The highest BCUT2D eigenvalue weighted by molar-refractivity contribution is 5.88. The Morgan fingerprint density at radius 3 is 2.45 bits per heavy atom. The van der Waals surface area contributed by atoms with Crippen molar-refractivity contribution in [3.05, 3.63) is 0 Å². The molecule has 1 aliphatic heterocycles. The smallest absolute Gasteiger partial charge is 0.312 e. The van der Waals surface area contributed by atoms with Crippen LogP contribution in [-0.4, -0.2) is 47.0 Å². The molecule has 1 heterocycles. The molecule has 1 rings (SSSR count). The Kier molecular flexibility index (Phi) is 4.97. The summed E-state index contributed by atoms with van der Waals surface area (Å²) in [5, 5.41) is 11.6. The topological polar surface area (TPSA) is 113 Å². The van der Waals surface area contributed by atoms with Crippen LogP contribution in [0.2, 0.25) is 0 Å². The molecule has 7 heteroatoms. The SMILES string of the molecule is CCC(C)C(NC(N)=O)C(=O)N1CCC(C)(C(=O)O)C1. The number of nitrogens with zero attached hydrogens (tertiary/aromatic N) is 1. The van der Waals surface area contributed by atoms with Crippen molar-refractivity contribution in [2.45, 2.75) is 39.7 Å². The number of nitrogens with two attached hydrogens (primary N) is 1. The van der Waals surface area contributed by atoms with Crippen LogP contribution in [0.25, 0.3) is 0 Å². The molecule has 0 bridgehead atoms. The van der Waals surface area contributed by atoms with E-state index in [1.54, 1.807) is 6.92 Å². The van der Waals surface area contributed by atoms with Crippen LogP contribution in [-0.2, 0) is 9.59 Å². The summed E-state index contributed by atoms with van der Waals surface area (Å²) in [6.45, 7) is 5.94. The van der Waals surface area contributed by atoms with Crippen LogP contribution in [0.15, 0.2) is 0 Å². The largest absolute Gasteiger partial charge is 0.481 e. The van der Waals surface area contributed by atoms with Crippen molar-refractivity contribution < 1.29 is 19.5 Å². The Morgan fingerprint density at radius 2 is 2.05 bits per heavy atom. The summed E-state index contributed by atoms with van der Waals surface area (Å²) in [4.78, 5) is 36.2. The summed E-state index contributed by atoms with van der Waals surface area (Å²) < 4.78 is 0. The van der Waals surface area contributed by atoms with E-state index in [0.29, 0.717) is 19.4 Å². The van der Waals surface area contributed by atoms with Gasteiger partial charge in [-0.2, -0.15) is 0 Å². The van der Waals surface area contributed by atoms with Crippen LogP contribution in [0.3, 0.4) is 0 Å². The molecule has 0 aromatic heterocycles. The van der Waals surface area contributed by atoms with Gasteiger partial charge in [0, 0.05) is 13.1 Å². The first-order valence-electron chi connectivity index (χ1n) is 6.79. The van der Waals surface area contributed by atoms with E-state index >= 15 is 0 Å². The maximum atomic E-state index is 12.5. The third-order valence-corrected chi connectivity index (χ3v) is 4.08. The molecule has 1 saturated heterocycles. The maximum absolute atomic E-state index is 12.5. The number of carboxylic acids is 1. The first-order valence-corrected chi connectivity index (χ1v) is 6.79. The Hall–Kier alpha value is -1.79. The van der Waals surface area contributed by atoms with Crippen molar-refractivity contribution in [1.29, 1.82) is 0 Å². The van der Waals surface area contributed by atoms with E-state index in [1.807, 2.05) is 13.8 Å². The zero-order valence-electron chi connectivity index (χ0n) is 12.2. The number of amides is 3. The van der Waals surface area contributed by atoms with E-state index in [-0.39, 0.29) is 18.4 Å². The van der Waals surface area contributed by atoms with Crippen LogP contribution < -0.4 is 11.1 Å². The molecule has 0 aliphatic carbocycles. The number of nitrogens with one attached hydrogen (secondary N) is 1. The number of urea groups is 1. The fourth-order valence-electron chi connectivity index (χ4n) is 2.36. The predicted molar refractivity (Wildman–Crippen MR) is 72.9 cm³/mol. The van der Waals surface area contributed by atoms with Crippen molar-refractivity contribution >= 4 is 17.9 Å². The van der Waals surface area contributed by atoms with Crippen molar-refractivity contribution in [3.8, 4) is 0 Å². The summed E-state index contributed by atoms with van der Waals surface area (Å²) in [6, 6.07) is -1.45. The molecule has 4 N–H and O–H groups in total. The Bertz CT molecular complexity index is 412. The molecule has 3 amide bonds. The molecule has 0 spiro atoms. The van der Waals surface area contributed by atoms with Gasteiger partial charge in [-0.05, 0) is 19.3 Å². The first-order chi connectivity index (χ1) is 9.21. The first kappa shape index (κ1) is 16.3. The lowest BCUT2D eigenvalue weighted by molar-refractivity contribution is -0.147. The molecule has 0 aromatic rings. The molecule has 20 heavy (non-hydrogen) atoms. The lowest BCUT2D eigenvalue weighted by atomic mass is 9.90. The second-order valence-electron chi connectivity index (χ2n) is 5.75. The molecule has 1 fully saturated rings. The molecule has 0 aromatic carbocycles. The van der Waals surface area contributed by atoms with E-state index in [1.165, 1.54) is 4.90 Å². The minimum absolute atomic E-state index is 0.0633. The average Bonchev–Trinajstić information content (AvgIpc) is 2.78. The van der Waals surface area contributed by atoms with Gasteiger partial charge in [-0.3, -0.25) is 9.59 Å². The summed E-state index contributed by atoms with van der Waals surface area (Å²) >= 11 is 0.